The minimum Gasteiger partial charge on any atom is -0.504 e. The molecule has 1 fully saturated rings. The van der Waals surface area contributed by atoms with Crippen molar-refractivity contribution in [2.45, 2.75) is 12.5 Å². The third-order valence-electron chi connectivity index (χ3n) is 4.36. The van der Waals surface area contributed by atoms with Crippen LogP contribution in [0.4, 0.5) is 4.79 Å². The highest BCUT2D eigenvalue weighted by Crippen LogP contribution is 2.30. The highest BCUT2D eigenvalue weighted by molar-refractivity contribution is 6.07. The second-order valence-electron chi connectivity index (χ2n) is 6.08. The summed E-state index contributed by atoms with van der Waals surface area (Å²) in [6, 6.07) is 10.8. The number of phenols is 1. The van der Waals surface area contributed by atoms with E-state index in [-0.39, 0.29) is 5.75 Å². The number of imide groups is 1. The van der Waals surface area contributed by atoms with Gasteiger partial charge in [-0.3, -0.25) is 4.79 Å². The van der Waals surface area contributed by atoms with Crippen molar-refractivity contribution < 1.29 is 24.2 Å². The van der Waals surface area contributed by atoms with Gasteiger partial charge in [-0.1, -0.05) is 12.1 Å². The van der Waals surface area contributed by atoms with Crippen molar-refractivity contribution in [3.8, 4) is 17.2 Å². The molecule has 0 spiro atoms. The zero-order chi connectivity index (χ0) is 19.6. The second-order valence-corrected chi connectivity index (χ2v) is 6.08. The zero-order valence-electron chi connectivity index (χ0n) is 15.1. The lowest BCUT2D eigenvalue weighted by molar-refractivity contribution is -0.131. The number of rotatable bonds is 5. The summed E-state index contributed by atoms with van der Waals surface area (Å²) >= 11 is 0. The molecule has 27 heavy (non-hydrogen) atoms. The van der Waals surface area contributed by atoms with E-state index < -0.39 is 17.5 Å². The maximum atomic E-state index is 12.8. The number of aromatic hydroxyl groups is 1. The van der Waals surface area contributed by atoms with Crippen molar-refractivity contribution in [2.75, 3.05) is 14.2 Å². The van der Waals surface area contributed by atoms with E-state index in [1.807, 2.05) is 0 Å². The summed E-state index contributed by atoms with van der Waals surface area (Å²) in [6.07, 6.45) is 1.32. The number of ether oxygens (including phenoxy) is 2. The monoisotopic (exact) mass is 369 g/mol. The van der Waals surface area contributed by atoms with E-state index in [0.29, 0.717) is 22.6 Å². The Morgan fingerprint density at radius 2 is 1.81 bits per heavy atom. The SMILES string of the molecule is COc1ccc([C@@]2(C)NC(=O)N(/N=C\c3ccc(OC)c(O)c3)C2=O)cc1. The summed E-state index contributed by atoms with van der Waals surface area (Å²) in [6.45, 7) is 1.61. The Morgan fingerprint density at radius 1 is 1.11 bits per heavy atom. The van der Waals surface area contributed by atoms with Crippen molar-refractivity contribution in [1.29, 1.82) is 0 Å². The van der Waals surface area contributed by atoms with Gasteiger partial charge in [-0.25, -0.2) is 4.79 Å². The first kappa shape index (κ1) is 18.2. The van der Waals surface area contributed by atoms with Gasteiger partial charge in [0.05, 0.1) is 20.4 Å². The molecule has 8 nitrogen and oxygen atoms in total. The lowest BCUT2D eigenvalue weighted by Crippen LogP contribution is -2.40. The zero-order valence-corrected chi connectivity index (χ0v) is 15.1. The number of carbonyl (C=O) groups excluding carboxylic acids is 2. The predicted octanol–water partition coefficient (Wildman–Crippen LogP) is 2.21. The molecule has 2 N–H and O–H groups in total. The Hall–Kier alpha value is -3.55. The maximum Gasteiger partial charge on any atom is 0.346 e. The van der Waals surface area contributed by atoms with E-state index >= 15 is 0 Å². The van der Waals surface area contributed by atoms with E-state index in [4.69, 9.17) is 9.47 Å². The van der Waals surface area contributed by atoms with Gasteiger partial charge in [0.15, 0.2) is 11.5 Å². The average Bonchev–Trinajstić information content (AvgIpc) is 2.89. The fraction of sp³-hybridized carbons (Fsp3) is 0.211. The number of hydrogen-bond acceptors (Lipinski definition) is 6. The first-order valence-electron chi connectivity index (χ1n) is 8.11. The molecular weight excluding hydrogens is 350 g/mol. The molecule has 2 aromatic carbocycles. The number of benzene rings is 2. The Labute approximate surface area is 156 Å². The van der Waals surface area contributed by atoms with Crippen LogP contribution in [0.3, 0.4) is 0 Å². The number of nitrogens with zero attached hydrogens (tertiary/aromatic N) is 2. The lowest BCUT2D eigenvalue weighted by Gasteiger charge is -2.21. The minimum atomic E-state index is -1.23. The van der Waals surface area contributed by atoms with Gasteiger partial charge in [-0.15, -0.1) is 5.01 Å². The third-order valence-corrected chi connectivity index (χ3v) is 4.36. The quantitative estimate of drug-likeness (QED) is 0.622. The van der Waals surface area contributed by atoms with Crippen LogP contribution in [0.25, 0.3) is 0 Å². The van der Waals surface area contributed by atoms with Gasteiger partial charge in [-0.2, -0.15) is 5.10 Å². The summed E-state index contributed by atoms with van der Waals surface area (Å²) in [4.78, 5) is 25.1. The van der Waals surface area contributed by atoms with Gasteiger partial charge in [0.1, 0.15) is 11.3 Å². The van der Waals surface area contributed by atoms with Crippen molar-refractivity contribution in [1.82, 2.24) is 10.3 Å². The molecule has 0 aliphatic carbocycles. The molecule has 3 rings (SSSR count). The van der Waals surface area contributed by atoms with Crippen LogP contribution in [0, 0.1) is 0 Å². The molecule has 0 aromatic heterocycles. The van der Waals surface area contributed by atoms with Crippen molar-refractivity contribution in [3.63, 3.8) is 0 Å². The Balaban J connectivity index is 1.84. The van der Waals surface area contributed by atoms with Crippen LogP contribution in [0.2, 0.25) is 0 Å². The third kappa shape index (κ3) is 3.29. The van der Waals surface area contributed by atoms with Crippen LogP contribution in [0.15, 0.2) is 47.6 Å². The number of urea groups is 1. The molecule has 1 heterocycles. The molecule has 1 aliphatic rings. The number of methoxy groups -OCH3 is 2. The predicted molar refractivity (Wildman–Crippen MR) is 98.0 cm³/mol. The molecule has 0 unspecified atom stereocenters. The Bertz CT molecular complexity index is 910. The van der Waals surface area contributed by atoms with Crippen LogP contribution in [0.5, 0.6) is 17.2 Å². The molecule has 3 amide bonds. The Morgan fingerprint density at radius 3 is 2.41 bits per heavy atom. The van der Waals surface area contributed by atoms with Crippen LogP contribution in [-0.2, 0) is 10.3 Å². The molecule has 0 bridgehead atoms. The van der Waals surface area contributed by atoms with Gasteiger partial charge in [0.2, 0.25) is 0 Å². The number of carbonyl (C=O) groups is 2. The smallest absolute Gasteiger partial charge is 0.346 e. The van der Waals surface area contributed by atoms with Gasteiger partial charge in [-0.05, 0) is 48.4 Å². The average molecular weight is 369 g/mol. The van der Waals surface area contributed by atoms with E-state index in [1.54, 1.807) is 50.4 Å². The molecule has 2 aromatic rings. The molecule has 1 aliphatic heterocycles. The highest BCUT2D eigenvalue weighted by Gasteiger charge is 2.49. The first-order chi connectivity index (χ1) is 12.9. The van der Waals surface area contributed by atoms with Gasteiger partial charge in [0.25, 0.3) is 5.91 Å². The fourth-order valence-electron chi connectivity index (χ4n) is 2.76. The van der Waals surface area contributed by atoms with Crippen LogP contribution >= 0.6 is 0 Å². The summed E-state index contributed by atoms with van der Waals surface area (Å²) in [5.74, 6) is 0.385. The number of nitrogens with one attached hydrogen (secondary N) is 1. The normalized spacial score (nSPS) is 19.4. The molecule has 1 atom stereocenters. The number of hydrogen-bond donors (Lipinski definition) is 2. The van der Waals surface area contributed by atoms with Crippen molar-refractivity contribution in [2.24, 2.45) is 5.10 Å². The first-order valence-corrected chi connectivity index (χ1v) is 8.11. The summed E-state index contributed by atoms with van der Waals surface area (Å²) in [5, 5.41) is 17.2. The van der Waals surface area contributed by atoms with Gasteiger partial charge < -0.3 is 19.9 Å². The van der Waals surface area contributed by atoms with Crippen molar-refractivity contribution >= 4 is 18.2 Å². The molecule has 140 valence electrons. The van der Waals surface area contributed by atoms with E-state index in [0.717, 1.165) is 5.01 Å². The number of phenolic OH excluding ortho intramolecular Hbond substituents is 1. The largest absolute Gasteiger partial charge is 0.504 e. The number of hydrazone groups is 1. The molecule has 0 radical (unpaired) electrons. The van der Waals surface area contributed by atoms with Gasteiger partial charge in [0, 0.05) is 0 Å². The fourth-order valence-corrected chi connectivity index (χ4v) is 2.76. The van der Waals surface area contributed by atoms with Crippen molar-refractivity contribution in [3.05, 3.63) is 53.6 Å². The molecule has 8 heteroatoms. The van der Waals surface area contributed by atoms with E-state index in [9.17, 15) is 14.7 Å². The standard InChI is InChI=1S/C19H19N3O5/c1-19(13-5-7-14(26-2)8-6-13)17(24)22(18(25)21-19)20-11-12-4-9-16(27-3)15(23)10-12/h4-11,23H,1-3H3,(H,21,25)/b20-11-/t19-/m1/s1. The topological polar surface area (TPSA) is 100 Å². The summed E-state index contributed by atoms with van der Waals surface area (Å²) in [7, 11) is 2.99. The molecular formula is C19H19N3O5. The van der Waals surface area contributed by atoms with E-state index in [1.165, 1.54) is 19.4 Å². The van der Waals surface area contributed by atoms with Crippen LogP contribution < -0.4 is 14.8 Å². The lowest BCUT2D eigenvalue weighted by atomic mass is 9.92. The van der Waals surface area contributed by atoms with Crippen LogP contribution in [0.1, 0.15) is 18.1 Å². The minimum absolute atomic E-state index is 0.0679. The molecule has 0 saturated carbocycles. The maximum absolute atomic E-state index is 12.8. The van der Waals surface area contributed by atoms with Crippen LogP contribution in [-0.4, -0.2) is 42.5 Å². The number of amides is 3. The summed E-state index contributed by atoms with van der Waals surface area (Å²) < 4.78 is 10.1. The summed E-state index contributed by atoms with van der Waals surface area (Å²) in [5.41, 5.74) is -0.115. The second kappa shape index (κ2) is 6.99. The Kier molecular flexibility index (Phi) is 4.72. The highest BCUT2D eigenvalue weighted by atomic mass is 16.5. The van der Waals surface area contributed by atoms with Gasteiger partial charge >= 0.3 is 6.03 Å². The molecule has 1 saturated heterocycles. The van der Waals surface area contributed by atoms with E-state index in [2.05, 4.69) is 10.4 Å².